The summed E-state index contributed by atoms with van der Waals surface area (Å²) in [6.45, 7) is 0.797. The molecule has 0 aliphatic rings. The molecule has 0 atom stereocenters. The normalized spacial score (nSPS) is 10.5. The predicted octanol–water partition coefficient (Wildman–Crippen LogP) is 2.58. The molecular formula is C13H15N3S. The van der Waals surface area contributed by atoms with Crippen molar-refractivity contribution < 1.29 is 0 Å². The van der Waals surface area contributed by atoms with Gasteiger partial charge in [-0.1, -0.05) is 12.1 Å². The topological polar surface area (TPSA) is 37.8 Å². The average Bonchev–Trinajstić information content (AvgIpc) is 2.40. The van der Waals surface area contributed by atoms with Crippen LogP contribution in [0.3, 0.4) is 0 Å². The van der Waals surface area contributed by atoms with E-state index in [4.69, 9.17) is 0 Å². The lowest BCUT2D eigenvalue weighted by Gasteiger charge is -2.03. The van der Waals surface area contributed by atoms with Crippen LogP contribution in [0.15, 0.2) is 41.6 Å². The first kappa shape index (κ1) is 12.1. The minimum Gasteiger partial charge on any atom is -0.316 e. The van der Waals surface area contributed by atoms with E-state index in [9.17, 15) is 0 Å². The maximum absolute atomic E-state index is 4.37. The Balaban J connectivity index is 2.20. The van der Waals surface area contributed by atoms with Gasteiger partial charge in [0.05, 0.1) is 0 Å². The lowest BCUT2D eigenvalue weighted by Crippen LogP contribution is -2.06. The maximum Gasteiger partial charge on any atom is 0.159 e. The molecule has 0 fully saturated rings. The molecule has 0 aliphatic heterocycles. The summed E-state index contributed by atoms with van der Waals surface area (Å²) in [5.74, 6) is 0.775. The number of rotatable bonds is 4. The van der Waals surface area contributed by atoms with Gasteiger partial charge < -0.3 is 5.32 Å². The molecule has 4 heteroatoms. The van der Waals surface area contributed by atoms with Crippen LogP contribution in [-0.2, 0) is 6.54 Å². The number of benzene rings is 1. The highest BCUT2D eigenvalue weighted by Gasteiger charge is 2.01. The highest BCUT2D eigenvalue weighted by molar-refractivity contribution is 7.98. The van der Waals surface area contributed by atoms with E-state index in [1.165, 1.54) is 4.90 Å². The van der Waals surface area contributed by atoms with Crippen LogP contribution in [0.25, 0.3) is 11.4 Å². The van der Waals surface area contributed by atoms with Crippen molar-refractivity contribution in [2.75, 3.05) is 13.3 Å². The molecule has 88 valence electrons. The summed E-state index contributed by atoms with van der Waals surface area (Å²) in [5.41, 5.74) is 2.15. The maximum atomic E-state index is 4.37. The van der Waals surface area contributed by atoms with Crippen LogP contribution in [0.2, 0.25) is 0 Å². The van der Waals surface area contributed by atoms with Crippen LogP contribution in [-0.4, -0.2) is 23.3 Å². The van der Waals surface area contributed by atoms with Crippen molar-refractivity contribution in [1.82, 2.24) is 15.3 Å². The van der Waals surface area contributed by atoms with E-state index in [1.54, 1.807) is 11.8 Å². The second-order valence-electron chi connectivity index (χ2n) is 3.67. The fraction of sp³-hybridized carbons (Fsp3) is 0.231. The number of hydrogen-bond acceptors (Lipinski definition) is 4. The van der Waals surface area contributed by atoms with Crippen molar-refractivity contribution in [2.45, 2.75) is 11.4 Å². The summed E-state index contributed by atoms with van der Waals surface area (Å²) < 4.78 is 0. The highest BCUT2D eigenvalue weighted by atomic mass is 32.2. The van der Waals surface area contributed by atoms with Crippen LogP contribution in [0.4, 0.5) is 0 Å². The van der Waals surface area contributed by atoms with E-state index >= 15 is 0 Å². The minimum absolute atomic E-state index is 0.775. The Kier molecular flexibility index (Phi) is 4.12. The summed E-state index contributed by atoms with van der Waals surface area (Å²) in [6.07, 6.45) is 5.79. The Labute approximate surface area is 106 Å². The highest BCUT2D eigenvalue weighted by Crippen LogP contribution is 2.20. The first-order valence-corrected chi connectivity index (χ1v) is 6.66. The molecule has 1 aromatic heterocycles. The molecule has 2 aromatic rings. The van der Waals surface area contributed by atoms with Gasteiger partial charge in [-0.25, -0.2) is 9.97 Å². The first-order chi connectivity index (χ1) is 8.33. The number of hydrogen-bond donors (Lipinski definition) is 1. The van der Waals surface area contributed by atoms with Gasteiger partial charge >= 0.3 is 0 Å². The summed E-state index contributed by atoms with van der Waals surface area (Å²) >= 11 is 1.73. The molecule has 0 bridgehead atoms. The van der Waals surface area contributed by atoms with Crippen LogP contribution >= 0.6 is 11.8 Å². The first-order valence-electron chi connectivity index (χ1n) is 5.43. The lowest BCUT2D eigenvalue weighted by atomic mass is 10.2. The van der Waals surface area contributed by atoms with Gasteiger partial charge in [-0.3, -0.25) is 0 Å². The standard InChI is InChI=1S/C13H15N3S/c1-14-7-10-8-15-13(16-9-10)11-3-5-12(17-2)6-4-11/h3-6,8-9,14H,7H2,1-2H3. The van der Waals surface area contributed by atoms with Gasteiger partial charge in [0.1, 0.15) is 0 Å². The van der Waals surface area contributed by atoms with Crippen molar-refractivity contribution >= 4 is 11.8 Å². The lowest BCUT2D eigenvalue weighted by molar-refractivity contribution is 0.807. The molecule has 0 saturated heterocycles. The van der Waals surface area contributed by atoms with Crippen LogP contribution in [0, 0.1) is 0 Å². The SMILES string of the molecule is CNCc1cnc(-c2ccc(SC)cc2)nc1. The monoisotopic (exact) mass is 245 g/mol. The van der Waals surface area contributed by atoms with E-state index in [0.717, 1.165) is 23.5 Å². The summed E-state index contributed by atoms with van der Waals surface area (Å²) in [4.78, 5) is 9.98. The number of nitrogens with zero attached hydrogens (tertiary/aromatic N) is 2. The van der Waals surface area contributed by atoms with E-state index < -0.39 is 0 Å². The molecule has 1 aromatic carbocycles. The van der Waals surface area contributed by atoms with Crippen molar-refractivity contribution in [3.63, 3.8) is 0 Å². The third-order valence-corrected chi connectivity index (χ3v) is 3.18. The van der Waals surface area contributed by atoms with Gasteiger partial charge in [0, 0.05) is 35.0 Å². The zero-order valence-electron chi connectivity index (χ0n) is 9.97. The van der Waals surface area contributed by atoms with Crippen molar-refractivity contribution in [1.29, 1.82) is 0 Å². The predicted molar refractivity (Wildman–Crippen MR) is 72.0 cm³/mol. The Hall–Kier alpha value is -1.39. The molecule has 0 radical (unpaired) electrons. The quantitative estimate of drug-likeness (QED) is 0.840. The molecule has 2 rings (SSSR count). The molecule has 1 N–H and O–H groups in total. The van der Waals surface area contributed by atoms with Crippen LogP contribution < -0.4 is 5.32 Å². The molecule has 17 heavy (non-hydrogen) atoms. The second-order valence-corrected chi connectivity index (χ2v) is 4.55. The van der Waals surface area contributed by atoms with Crippen molar-refractivity contribution in [3.8, 4) is 11.4 Å². The molecule has 1 heterocycles. The largest absolute Gasteiger partial charge is 0.316 e. The van der Waals surface area contributed by atoms with E-state index in [0.29, 0.717) is 0 Å². The minimum atomic E-state index is 0.775. The third kappa shape index (κ3) is 3.05. The molecular weight excluding hydrogens is 230 g/mol. The van der Waals surface area contributed by atoms with Gasteiger partial charge in [0.2, 0.25) is 0 Å². The van der Waals surface area contributed by atoms with Crippen LogP contribution in [0.5, 0.6) is 0 Å². The molecule has 0 saturated carbocycles. The Morgan fingerprint density at radius 2 is 1.76 bits per heavy atom. The zero-order valence-corrected chi connectivity index (χ0v) is 10.8. The summed E-state index contributed by atoms with van der Waals surface area (Å²) in [5, 5.41) is 3.08. The Morgan fingerprint density at radius 1 is 1.12 bits per heavy atom. The Morgan fingerprint density at radius 3 is 2.29 bits per heavy atom. The van der Waals surface area contributed by atoms with Crippen molar-refractivity contribution in [2.24, 2.45) is 0 Å². The number of nitrogens with one attached hydrogen (secondary N) is 1. The van der Waals surface area contributed by atoms with Crippen LogP contribution in [0.1, 0.15) is 5.56 Å². The number of aromatic nitrogens is 2. The average molecular weight is 245 g/mol. The van der Waals surface area contributed by atoms with Gasteiger partial charge in [-0.15, -0.1) is 11.8 Å². The Bertz CT molecular complexity index is 465. The van der Waals surface area contributed by atoms with E-state index in [2.05, 4.69) is 45.8 Å². The third-order valence-electron chi connectivity index (χ3n) is 2.43. The van der Waals surface area contributed by atoms with E-state index in [1.807, 2.05) is 19.4 Å². The molecule has 0 amide bonds. The summed E-state index contributed by atoms with van der Waals surface area (Å²) in [6, 6.07) is 8.29. The molecule has 0 unspecified atom stereocenters. The number of thioether (sulfide) groups is 1. The molecule has 3 nitrogen and oxygen atoms in total. The van der Waals surface area contributed by atoms with E-state index in [-0.39, 0.29) is 0 Å². The second kappa shape index (κ2) is 5.80. The summed E-state index contributed by atoms with van der Waals surface area (Å²) in [7, 11) is 1.91. The van der Waals surface area contributed by atoms with Crippen molar-refractivity contribution in [3.05, 3.63) is 42.2 Å². The van der Waals surface area contributed by atoms with Gasteiger partial charge in [-0.05, 0) is 25.4 Å². The van der Waals surface area contributed by atoms with Gasteiger partial charge in [0.15, 0.2) is 5.82 Å². The smallest absolute Gasteiger partial charge is 0.159 e. The van der Waals surface area contributed by atoms with Gasteiger partial charge in [-0.2, -0.15) is 0 Å². The zero-order chi connectivity index (χ0) is 12.1. The van der Waals surface area contributed by atoms with Gasteiger partial charge in [0.25, 0.3) is 0 Å². The fourth-order valence-electron chi connectivity index (χ4n) is 1.54. The molecule has 0 spiro atoms. The molecule has 0 aliphatic carbocycles. The fourth-order valence-corrected chi connectivity index (χ4v) is 1.95.